The van der Waals surface area contributed by atoms with Gasteiger partial charge in [0.1, 0.15) is 0 Å². The van der Waals surface area contributed by atoms with E-state index in [1.165, 1.54) is 16.4 Å². The van der Waals surface area contributed by atoms with Gasteiger partial charge in [-0.15, -0.1) is 0 Å². The summed E-state index contributed by atoms with van der Waals surface area (Å²) in [5, 5.41) is 8.68. The van der Waals surface area contributed by atoms with Crippen molar-refractivity contribution in [2.45, 2.75) is 37.5 Å². The van der Waals surface area contributed by atoms with Crippen molar-refractivity contribution < 1.29 is 18.3 Å². The Labute approximate surface area is 120 Å². The molecule has 0 bridgehead atoms. The van der Waals surface area contributed by atoms with Gasteiger partial charge in [0.2, 0.25) is 10.0 Å². The average Bonchev–Trinajstić information content (AvgIpc) is 2.38. The van der Waals surface area contributed by atoms with Crippen LogP contribution in [-0.4, -0.2) is 37.4 Å². The SMILES string of the molecule is CCCCCN(C)S(=O)(=O)c1ccc(CC(=O)O)cc1. The van der Waals surface area contributed by atoms with Crippen molar-refractivity contribution in [2.75, 3.05) is 13.6 Å². The minimum absolute atomic E-state index is 0.104. The lowest BCUT2D eigenvalue weighted by atomic mass is 10.2. The molecular weight excluding hydrogens is 278 g/mol. The lowest BCUT2D eigenvalue weighted by Crippen LogP contribution is -2.28. The third kappa shape index (κ3) is 4.61. The van der Waals surface area contributed by atoms with Gasteiger partial charge < -0.3 is 5.11 Å². The molecule has 0 aliphatic heterocycles. The Kier molecular flexibility index (Phi) is 6.16. The van der Waals surface area contributed by atoms with Crippen molar-refractivity contribution in [1.29, 1.82) is 0 Å². The van der Waals surface area contributed by atoms with E-state index in [0.29, 0.717) is 12.1 Å². The van der Waals surface area contributed by atoms with E-state index in [9.17, 15) is 13.2 Å². The summed E-state index contributed by atoms with van der Waals surface area (Å²) in [5.74, 6) is -0.933. The monoisotopic (exact) mass is 299 g/mol. The van der Waals surface area contributed by atoms with Gasteiger partial charge in [0, 0.05) is 13.6 Å². The van der Waals surface area contributed by atoms with Crippen LogP contribution in [0.5, 0.6) is 0 Å². The Balaban J connectivity index is 2.79. The van der Waals surface area contributed by atoms with E-state index in [1.54, 1.807) is 19.2 Å². The zero-order chi connectivity index (χ0) is 15.2. The molecule has 6 heteroatoms. The molecule has 0 amide bonds. The molecule has 112 valence electrons. The molecule has 0 fully saturated rings. The maximum absolute atomic E-state index is 12.3. The zero-order valence-electron chi connectivity index (χ0n) is 11.9. The number of unbranched alkanes of at least 4 members (excludes halogenated alkanes) is 2. The fourth-order valence-corrected chi connectivity index (χ4v) is 3.05. The number of nitrogens with zero attached hydrogens (tertiary/aromatic N) is 1. The van der Waals surface area contributed by atoms with Gasteiger partial charge >= 0.3 is 5.97 Å². The van der Waals surface area contributed by atoms with Gasteiger partial charge in [0.05, 0.1) is 11.3 Å². The largest absolute Gasteiger partial charge is 0.481 e. The smallest absolute Gasteiger partial charge is 0.307 e. The third-order valence-corrected chi connectivity index (χ3v) is 4.93. The van der Waals surface area contributed by atoms with Crippen molar-refractivity contribution in [1.82, 2.24) is 4.31 Å². The highest BCUT2D eigenvalue weighted by Gasteiger charge is 2.20. The van der Waals surface area contributed by atoms with Gasteiger partial charge in [-0.2, -0.15) is 0 Å². The number of rotatable bonds is 8. The highest BCUT2D eigenvalue weighted by molar-refractivity contribution is 7.89. The van der Waals surface area contributed by atoms with Crippen LogP contribution < -0.4 is 0 Å². The predicted octanol–water partition coefficient (Wildman–Crippen LogP) is 2.12. The molecular formula is C14H21NO4S. The standard InChI is InChI=1S/C14H21NO4S/c1-3-4-5-10-15(2)20(18,19)13-8-6-12(7-9-13)11-14(16)17/h6-9H,3-5,10-11H2,1-2H3,(H,16,17). The maximum atomic E-state index is 12.3. The molecule has 0 atom stereocenters. The number of carbonyl (C=O) groups is 1. The molecule has 1 aromatic carbocycles. The normalized spacial score (nSPS) is 11.8. The van der Waals surface area contributed by atoms with Crippen LogP contribution in [0.3, 0.4) is 0 Å². The first-order chi connectivity index (χ1) is 9.37. The summed E-state index contributed by atoms with van der Waals surface area (Å²) < 4.78 is 25.9. The number of carboxylic acid groups (broad SMARTS) is 1. The van der Waals surface area contributed by atoms with E-state index in [4.69, 9.17) is 5.11 Å². The first kappa shape index (κ1) is 16.7. The minimum atomic E-state index is -3.48. The first-order valence-corrected chi connectivity index (χ1v) is 8.09. The Morgan fingerprint density at radius 2 is 1.80 bits per heavy atom. The second kappa shape index (κ2) is 7.40. The van der Waals surface area contributed by atoms with Crippen molar-refractivity contribution in [3.05, 3.63) is 29.8 Å². The molecule has 5 nitrogen and oxygen atoms in total. The molecule has 0 unspecified atom stereocenters. The highest BCUT2D eigenvalue weighted by Crippen LogP contribution is 2.16. The van der Waals surface area contributed by atoms with Gasteiger partial charge in [-0.3, -0.25) is 4.79 Å². The summed E-state index contributed by atoms with van der Waals surface area (Å²) in [4.78, 5) is 10.8. The lowest BCUT2D eigenvalue weighted by Gasteiger charge is -2.17. The maximum Gasteiger partial charge on any atom is 0.307 e. The molecule has 0 saturated heterocycles. The molecule has 1 rings (SSSR count). The van der Waals surface area contributed by atoms with Crippen LogP contribution in [0.4, 0.5) is 0 Å². The Morgan fingerprint density at radius 3 is 2.30 bits per heavy atom. The summed E-state index contributed by atoms with van der Waals surface area (Å²) in [5.41, 5.74) is 0.588. The second-order valence-electron chi connectivity index (χ2n) is 4.75. The van der Waals surface area contributed by atoms with E-state index in [2.05, 4.69) is 6.92 Å². The molecule has 0 saturated carbocycles. The summed E-state index contributed by atoms with van der Waals surface area (Å²) in [7, 11) is -1.91. The van der Waals surface area contributed by atoms with Crippen molar-refractivity contribution in [3.63, 3.8) is 0 Å². The van der Waals surface area contributed by atoms with E-state index in [1.807, 2.05) is 0 Å². The number of sulfonamides is 1. The van der Waals surface area contributed by atoms with Gasteiger partial charge in [0.25, 0.3) is 0 Å². The number of carboxylic acids is 1. The fraction of sp³-hybridized carbons (Fsp3) is 0.500. The van der Waals surface area contributed by atoms with Crippen LogP contribution in [0.25, 0.3) is 0 Å². The molecule has 0 aliphatic carbocycles. The highest BCUT2D eigenvalue weighted by atomic mass is 32.2. The number of aliphatic carboxylic acids is 1. The van der Waals surface area contributed by atoms with Crippen molar-refractivity contribution in [2.24, 2.45) is 0 Å². The van der Waals surface area contributed by atoms with E-state index in [0.717, 1.165) is 19.3 Å². The number of benzene rings is 1. The quantitative estimate of drug-likeness (QED) is 0.746. The summed E-state index contributed by atoms with van der Waals surface area (Å²) in [6.07, 6.45) is 2.77. The molecule has 0 radical (unpaired) electrons. The lowest BCUT2D eigenvalue weighted by molar-refractivity contribution is -0.136. The topological polar surface area (TPSA) is 74.7 Å². The van der Waals surface area contributed by atoms with Gasteiger partial charge in [-0.1, -0.05) is 31.9 Å². The Morgan fingerprint density at radius 1 is 1.20 bits per heavy atom. The molecule has 0 spiro atoms. The molecule has 0 aliphatic rings. The van der Waals surface area contributed by atoms with E-state index >= 15 is 0 Å². The number of hydrogen-bond donors (Lipinski definition) is 1. The van der Waals surface area contributed by atoms with E-state index in [-0.39, 0.29) is 11.3 Å². The van der Waals surface area contributed by atoms with Crippen molar-refractivity contribution in [3.8, 4) is 0 Å². The van der Waals surface area contributed by atoms with Gasteiger partial charge in [0.15, 0.2) is 0 Å². The molecule has 1 N–H and O–H groups in total. The van der Waals surface area contributed by atoms with E-state index < -0.39 is 16.0 Å². The van der Waals surface area contributed by atoms with Gasteiger partial charge in [-0.25, -0.2) is 12.7 Å². The number of hydrogen-bond acceptors (Lipinski definition) is 3. The molecule has 20 heavy (non-hydrogen) atoms. The van der Waals surface area contributed by atoms with Crippen LogP contribution >= 0.6 is 0 Å². The van der Waals surface area contributed by atoms with Crippen molar-refractivity contribution >= 4 is 16.0 Å². The summed E-state index contributed by atoms with van der Waals surface area (Å²) in [6.45, 7) is 2.56. The summed E-state index contributed by atoms with van der Waals surface area (Å²) >= 11 is 0. The van der Waals surface area contributed by atoms with Crippen LogP contribution in [0.1, 0.15) is 31.7 Å². The van der Waals surface area contributed by atoms with Crippen LogP contribution in [0.2, 0.25) is 0 Å². The Hall–Kier alpha value is -1.40. The fourth-order valence-electron chi connectivity index (χ4n) is 1.84. The van der Waals surface area contributed by atoms with Crippen LogP contribution in [-0.2, 0) is 21.2 Å². The average molecular weight is 299 g/mol. The zero-order valence-corrected chi connectivity index (χ0v) is 12.7. The van der Waals surface area contributed by atoms with Crippen LogP contribution in [0, 0.1) is 0 Å². The van der Waals surface area contributed by atoms with Gasteiger partial charge in [-0.05, 0) is 24.1 Å². The Bertz CT molecular complexity index is 537. The molecule has 0 aromatic heterocycles. The summed E-state index contributed by atoms with van der Waals surface area (Å²) in [6, 6.07) is 6.01. The second-order valence-corrected chi connectivity index (χ2v) is 6.79. The molecule has 0 heterocycles. The first-order valence-electron chi connectivity index (χ1n) is 6.65. The predicted molar refractivity (Wildman–Crippen MR) is 77.1 cm³/mol. The molecule has 1 aromatic rings. The minimum Gasteiger partial charge on any atom is -0.481 e. The van der Waals surface area contributed by atoms with Crippen LogP contribution in [0.15, 0.2) is 29.2 Å². The third-order valence-electron chi connectivity index (χ3n) is 3.06.